The topological polar surface area (TPSA) is 20.2 Å². The predicted octanol–water partition coefficient (Wildman–Crippen LogP) is 2.61. The van der Waals surface area contributed by atoms with E-state index in [4.69, 9.17) is 0 Å². The molecular weight excluding hydrogens is 156 g/mol. The molecule has 0 aliphatic rings. The molecule has 0 radical (unpaired) electrons. The van der Waals surface area contributed by atoms with Crippen LogP contribution in [0.4, 0.5) is 0 Å². The van der Waals surface area contributed by atoms with E-state index in [2.05, 4.69) is 12.6 Å². The average Bonchev–Trinajstić information content (AvgIpc) is 1.97. The summed E-state index contributed by atoms with van der Waals surface area (Å²) < 4.78 is 0. The van der Waals surface area contributed by atoms with Gasteiger partial charge in [0.2, 0.25) is 0 Å². The molecule has 0 heterocycles. The maximum absolute atomic E-state index is 9.36. The molecule has 0 aliphatic carbocycles. The van der Waals surface area contributed by atoms with E-state index in [9.17, 15) is 5.11 Å². The summed E-state index contributed by atoms with van der Waals surface area (Å²) in [6.07, 6.45) is 0. The average molecular weight is 168 g/mol. The number of rotatable bonds is 0. The van der Waals surface area contributed by atoms with E-state index in [-0.39, 0.29) is 0 Å². The van der Waals surface area contributed by atoms with Gasteiger partial charge in [0.1, 0.15) is 5.75 Å². The third-order valence-electron chi connectivity index (χ3n) is 2.04. The summed E-state index contributed by atoms with van der Waals surface area (Å²) in [6, 6.07) is 1.77. The summed E-state index contributed by atoms with van der Waals surface area (Å²) >= 11 is 4.29. The van der Waals surface area contributed by atoms with Crippen molar-refractivity contribution in [3.63, 3.8) is 0 Å². The second kappa shape index (κ2) is 2.78. The fourth-order valence-corrected chi connectivity index (χ4v) is 1.30. The number of hydrogen-bond donors (Lipinski definition) is 2. The Morgan fingerprint density at radius 1 is 1.18 bits per heavy atom. The summed E-state index contributed by atoms with van der Waals surface area (Å²) in [5.41, 5.74) is 3.08. The quantitative estimate of drug-likeness (QED) is 0.570. The Bertz CT molecular complexity index is 266. The maximum atomic E-state index is 9.36. The van der Waals surface area contributed by atoms with Crippen LogP contribution < -0.4 is 0 Å². The normalized spacial score (nSPS) is 10.2. The molecule has 0 saturated carbocycles. The number of benzene rings is 1. The highest BCUT2D eigenvalue weighted by Gasteiger charge is 2.05. The van der Waals surface area contributed by atoms with Gasteiger partial charge in [-0.05, 0) is 38.0 Å². The summed E-state index contributed by atoms with van der Waals surface area (Å²) in [5, 5.41) is 9.36. The Hall–Kier alpha value is -0.630. The molecular formula is C9H12OS. The minimum absolute atomic E-state index is 0.332. The van der Waals surface area contributed by atoms with E-state index in [1.807, 2.05) is 20.8 Å². The number of aromatic hydroxyl groups is 1. The van der Waals surface area contributed by atoms with Crippen molar-refractivity contribution in [2.75, 3.05) is 0 Å². The number of phenols is 1. The van der Waals surface area contributed by atoms with Gasteiger partial charge in [-0.3, -0.25) is 0 Å². The van der Waals surface area contributed by atoms with Crippen LogP contribution in [0.5, 0.6) is 5.75 Å². The first-order valence-electron chi connectivity index (χ1n) is 3.52. The molecule has 11 heavy (non-hydrogen) atoms. The van der Waals surface area contributed by atoms with Crippen molar-refractivity contribution < 1.29 is 5.11 Å². The smallest absolute Gasteiger partial charge is 0.119 e. The van der Waals surface area contributed by atoms with Crippen LogP contribution in [0.15, 0.2) is 11.0 Å². The standard InChI is InChI=1S/C9H12OS/c1-5-4-8(10)7(3)9(11)6(5)2/h4,10-11H,1-3H3. The van der Waals surface area contributed by atoms with Crippen LogP contribution in [0.2, 0.25) is 0 Å². The predicted molar refractivity (Wildman–Crippen MR) is 49.6 cm³/mol. The van der Waals surface area contributed by atoms with Gasteiger partial charge in [0.25, 0.3) is 0 Å². The van der Waals surface area contributed by atoms with Crippen molar-refractivity contribution in [1.82, 2.24) is 0 Å². The molecule has 0 atom stereocenters. The van der Waals surface area contributed by atoms with Crippen LogP contribution in [0.25, 0.3) is 0 Å². The molecule has 0 spiro atoms. The van der Waals surface area contributed by atoms with Crippen LogP contribution >= 0.6 is 12.6 Å². The fraction of sp³-hybridized carbons (Fsp3) is 0.333. The van der Waals surface area contributed by atoms with Crippen LogP contribution in [0.1, 0.15) is 16.7 Å². The highest BCUT2D eigenvalue weighted by Crippen LogP contribution is 2.28. The lowest BCUT2D eigenvalue weighted by Gasteiger charge is -2.08. The van der Waals surface area contributed by atoms with Crippen molar-refractivity contribution in [2.45, 2.75) is 25.7 Å². The first-order chi connectivity index (χ1) is 5.04. The zero-order valence-corrected chi connectivity index (χ0v) is 7.87. The largest absolute Gasteiger partial charge is 0.508 e. The SMILES string of the molecule is Cc1cc(O)c(C)c(S)c1C. The highest BCUT2D eigenvalue weighted by atomic mass is 32.1. The van der Waals surface area contributed by atoms with Crippen molar-refractivity contribution in [3.05, 3.63) is 22.8 Å². The van der Waals surface area contributed by atoms with Crippen LogP contribution in [-0.2, 0) is 0 Å². The van der Waals surface area contributed by atoms with Gasteiger partial charge in [0.05, 0.1) is 0 Å². The summed E-state index contributed by atoms with van der Waals surface area (Å²) in [6.45, 7) is 5.84. The summed E-state index contributed by atoms with van der Waals surface area (Å²) in [4.78, 5) is 0.891. The van der Waals surface area contributed by atoms with Gasteiger partial charge in [0.15, 0.2) is 0 Å². The van der Waals surface area contributed by atoms with Crippen LogP contribution in [0, 0.1) is 20.8 Å². The lowest BCUT2D eigenvalue weighted by molar-refractivity contribution is 0.468. The maximum Gasteiger partial charge on any atom is 0.119 e. The van der Waals surface area contributed by atoms with Gasteiger partial charge < -0.3 is 5.11 Å². The minimum atomic E-state index is 0.332. The van der Waals surface area contributed by atoms with Gasteiger partial charge in [-0.15, -0.1) is 12.6 Å². The Morgan fingerprint density at radius 2 is 1.73 bits per heavy atom. The Kier molecular flexibility index (Phi) is 2.14. The molecule has 0 aliphatic heterocycles. The van der Waals surface area contributed by atoms with E-state index in [0.29, 0.717) is 5.75 Å². The molecule has 0 fully saturated rings. The molecule has 1 nitrogen and oxygen atoms in total. The minimum Gasteiger partial charge on any atom is -0.508 e. The Morgan fingerprint density at radius 3 is 2.27 bits per heavy atom. The van der Waals surface area contributed by atoms with Crippen molar-refractivity contribution >= 4 is 12.6 Å². The van der Waals surface area contributed by atoms with Crippen molar-refractivity contribution in [2.24, 2.45) is 0 Å². The second-order valence-corrected chi connectivity index (χ2v) is 3.26. The Labute approximate surface area is 72.5 Å². The molecule has 1 aromatic rings. The van der Waals surface area contributed by atoms with Gasteiger partial charge in [-0.2, -0.15) is 0 Å². The number of hydrogen-bond acceptors (Lipinski definition) is 2. The molecule has 1 N–H and O–H groups in total. The lowest BCUT2D eigenvalue weighted by atomic mass is 10.1. The lowest BCUT2D eigenvalue weighted by Crippen LogP contribution is -1.87. The molecule has 0 bridgehead atoms. The third-order valence-corrected chi connectivity index (χ3v) is 2.71. The number of phenolic OH excluding ortho intramolecular Hbond substituents is 1. The van der Waals surface area contributed by atoms with Gasteiger partial charge in [-0.1, -0.05) is 0 Å². The van der Waals surface area contributed by atoms with E-state index < -0.39 is 0 Å². The highest BCUT2D eigenvalue weighted by molar-refractivity contribution is 7.80. The summed E-state index contributed by atoms with van der Waals surface area (Å²) in [7, 11) is 0. The molecule has 0 unspecified atom stereocenters. The van der Waals surface area contributed by atoms with Crippen molar-refractivity contribution in [1.29, 1.82) is 0 Å². The van der Waals surface area contributed by atoms with E-state index in [1.54, 1.807) is 6.07 Å². The van der Waals surface area contributed by atoms with Crippen molar-refractivity contribution in [3.8, 4) is 5.75 Å². The zero-order chi connectivity index (χ0) is 8.59. The molecule has 0 amide bonds. The molecule has 1 aromatic carbocycles. The van der Waals surface area contributed by atoms with Crippen LogP contribution in [0.3, 0.4) is 0 Å². The molecule has 2 heteroatoms. The third kappa shape index (κ3) is 1.36. The van der Waals surface area contributed by atoms with Gasteiger partial charge in [0, 0.05) is 10.5 Å². The molecule has 0 saturated heterocycles. The van der Waals surface area contributed by atoms with Gasteiger partial charge in [-0.25, -0.2) is 0 Å². The van der Waals surface area contributed by atoms with Crippen LogP contribution in [-0.4, -0.2) is 5.11 Å². The number of thiol groups is 1. The fourth-order valence-electron chi connectivity index (χ4n) is 1.01. The first-order valence-corrected chi connectivity index (χ1v) is 3.97. The van der Waals surface area contributed by atoms with E-state index >= 15 is 0 Å². The molecule has 60 valence electrons. The van der Waals surface area contributed by atoms with E-state index in [1.165, 1.54) is 0 Å². The monoisotopic (exact) mass is 168 g/mol. The Balaban J connectivity index is 3.46. The zero-order valence-electron chi connectivity index (χ0n) is 6.97. The molecule has 0 aromatic heterocycles. The van der Waals surface area contributed by atoms with Gasteiger partial charge >= 0.3 is 0 Å². The second-order valence-electron chi connectivity index (χ2n) is 2.81. The van der Waals surface area contributed by atoms with E-state index in [0.717, 1.165) is 21.6 Å². The number of aryl methyl sites for hydroxylation is 1. The molecule has 1 rings (SSSR count). The first kappa shape index (κ1) is 8.47. The summed E-state index contributed by atoms with van der Waals surface area (Å²) in [5.74, 6) is 0.332.